The third-order valence-electron chi connectivity index (χ3n) is 1.79. The number of hydrogen-bond donors (Lipinski definition) is 1. The van der Waals surface area contributed by atoms with Gasteiger partial charge in [0.1, 0.15) is 4.32 Å². The van der Waals surface area contributed by atoms with Crippen LogP contribution in [0.25, 0.3) is 0 Å². The standard InChI is InChI=1S/C11H11Cl2NS2/c1-7-5-9(13)3-4-10(7)14-11(15)16-6-8(2)12/h3-5H,2,6H2,1H3,(H,14,15). The molecule has 1 rings (SSSR count). The maximum atomic E-state index is 5.86. The van der Waals surface area contributed by atoms with Crippen LogP contribution in [0, 0.1) is 6.92 Å². The van der Waals surface area contributed by atoms with Gasteiger partial charge in [-0.2, -0.15) is 0 Å². The molecule has 0 radical (unpaired) electrons. The van der Waals surface area contributed by atoms with Crippen molar-refractivity contribution in [2.75, 3.05) is 11.1 Å². The van der Waals surface area contributed by atoms with E-state index in [1.165, 1.54) is 11.8 Å². The molecule has 0 bridgehead atoms. The Bertz CT molecular complexity index is 418. The van der Waals surface area contributed by atoms with Crippen molar-refractivity contribution in [3.05, 3.63) is 40.4 Å². The first-order chi connectivity index (χ1) is 7.49. The van der Waals surface area contributed by atoms with Crippen LogP contribution in [0.15, 0.2) is 29.8 Å². The molecule has 0 amide bonds. The molecule has 16 heavy (non-hydrogen) atoms. The predicted molar refractivity (Wildman–Crippen MR) is 79.9 cm³/mol. The van der Waals surface area contributed by atoms with Crippen molar-refractivity contribution in [1.29, 1.82) is 0 Å². The summed E-state index contributed by atoms with van der Waals surface area (Å²) in [6, 6.07) is 5.61. The Morgan fingerprint density at radius 1 is 1.56 bits per heavy atom. The van der Waals surface area contributed by atoms with Gasteiger partial charge in [0.25, 0.3) is 0 Å². The lowest BCUT2D eigenvalue weighted by atomic mass is 10.2. The van der Waals surface area contributed by atoms with Gasteiger partial charge in [-0.3, -0.25) is 0 Å². The van der Waals surface area contributed by atoms with E-state index in [2.05, 4.69) is 11.9 Å². The average molecular weight is 292 g/mol. The summed E-state index contributed by atoms with van der Waals surface area (Å²) in [5.74, 6) is 0.611. The van der Waals surface area contributed by atoms with E-state index in [0.717, 1.165) is 16.3 Å². The molecule has 0 spiro atoms. The summed E-state index contributed by atoms with van der Waals surface area (Å²) in [4.78, 5) is 0. The number of rotatable bonds is 3. The van der Waals surface area contributed by atoms with Crippen molar-refractivity contribution < 1.29 is 0 Å². The number of anilines is 1. The second-order valence-corrected chi connectivity index (χ2v) is 5.80. The largest absolute Gasteiger partial charge is 0.341 e. The summed E-state index contributed by atoms with van der Waals surface area (Å²) in [6.45, 7) is 5.58. The van der Waals surface area contributed by atoms with Gasteiger partial charge in [-0.25, -0.2) is 0 Å². The van der Waals surface area contributed by atoms with Crippen LogP contribution in [0.3, 0.4) is 0 Å². The van der Waals surface area contributed by atoms with Crippen molar-refractivity contribution in [3.63, 3.8) is 0 Å². The number of halogens is 2. The molecule has 1 aromatic rings. The molecule has 0 heterocycles. The van der Waals surface area contributed by atoms with Crippen molar-refractivity contribution in [3.8, 4) is 0 Å². The first kappa shape index (κ1) is 13.8. The monoisotopic (exact) mass is 291 g/mol. The number of thioether (sulfide) groups is 1. The highest BCUT2D eigenvalue weighted by Crippen LogP contribution is 2.21. The molecule has 1 aromatic carbocycles. The van der Waals surface area contributed by atoms with Crippen LogP contribution in [0.5, 0.6) is 0 Å². The Hall–Kier alpha value is -0.220. The van der Waals surface area contributed by atoms with Crippen LogP contribution < -0.4 is 5.32 Å². The summed E-state index contributed by atoms with van der Waals surface area (Å²) in [6.07, 6.45) is 0. The Kier molecular flexibility index (Phi) is 5.62. The van der Waals surface area contributed by atoms with Gasteiger partial charge in [0.15, 0.2) is 0 Å². The summed E-state index contributed by atoms with van der Waals surface area (Å²) < 4.78 is 0.673. The minimum absolute atomic E-state index is 0.585. The van der Waals surface area contributed by atoms with Gasteiger partial charge in [-0.1, -0.05) is 53.8 Å². The van der Waals surface area contributed by atoms with Crippen molar-refractivity contribution in [2.45, 2.75) is 6.92 Å². The highest BCUT2D eigenvalue weighted by molar-refractivity contribution is 8.23. The van der Waals surface area contributed by atoms with Crippen molar-refractivity contribution >= 4 is 57.2 Å². The quantitative estimate of drug-likeness (QED) is 0.801. The second-order valence-electron chi connectivity index (χ2n) is 3.18. The predicted octanol–water partition coefficient (Wildman–Crippen LogP) is 4.83. The maximum Gasteiger partial charge on any atom is 0.138 e. The summed E-state index contributed by atoms with van der Waals surface area (Å²) in [5, 5.41) is 4.43. The fourth-order valence-corrected chi connectivity index (χ4v) is 2.20. The molecule has 0 aliphatic carbocycles. The Balaban J connectivity index is 2.59. The third kappa shape index (κ3) is 4.74. The van der Waals surface area contributed by atoms with Gasteiger partial charge in [0, 0.05) is 21.5 Å². The smallest absolute Gasteiger partial charge is 0.138 e. The summed E-state index contributed by atoms with van der Waals surface area (Å²) in [5.41, 5.74) is 2.02. The van der Waals surface area contributed by atoms with Gasteiger partial charge < -0.3 is 5.32 Å². The lowest BCUT2D eigenvalue weighted by Crippen LogP contribution is -2.06. The minimum Gasteiger partial charge on any atom is -0.341 e. The molecule has 1 N–H and O–H groups in total. The van der Waals surface area contributed by atoms with Crippen LogP contribution >= 0.6 is 47.2 Å². The van der Waals surface area contributed by atoms with E-state index in [9.17, 15) is 0 Å². The average Bonchev–Trinajstić information content (AvgIpc) is 2.19. The molecule has 0 unspecified atom stereocenters. The SMILES string of the molecule is C=C(Cl)CSC(=S)Nc1ccc(Cl)cc1C. The highest BCUT2D eigenvalue weighted by Gasteiger charge is 2.02. The molecule has 0 fully saturated rings. The van der Waals surface area contributed by atoms with E-state index < -0.39 is 0 Å². The van der Waals surface area contributed by atoms with Crippen LogP contribution in [0.2, 0.25) is 5.02 Å². The summed E-state index contributed by atoms with van der Waals surface area (Å²) >= 11 is 18.1. The lowest BCUT2D eigenvalue weighted by Gasteiger charge is -2.10. The van der Waals surface area contributed by atoms with Gasteiger partial charge in [0.05, 0.1) is 0 Å². The van der Waals surface area contributed by atoms with Crippen LogP contribution in [0.1, 0.15) is 5.56 Å². The van der Waals surface area contributed by atoms with Crippen LogP contribution in [-0.4, -0.2) is 10.1 Å². The van der Waals surface area contributed by atoms with E-state index in [1.54, 1.807) is 0 Å². The van der Waals surface area contributed by atoms with E-state index in [4.69, 9.17) is 35.4 Å². The number of hydrogen-bond acceptors (Lipinski definition) is 2. The third-order valence-corrected chi connectivity index (χ3v) is 3.62. The van der Waals surface area contributed by atoms with Crippen LogP contribution in [-0.2, 0) is 0 Å². The number of nitrogens with one attached hydrogen (secondary N) is 1. The Morgan fingerprint density at radius 2 is 2.25 bits per heavy atom. The zero-order chi connectivity index (χ0) is 12.1. The second kappa shape index (κ2) is 6.50. The zero-order valence-electron chi connectivity index (χ0n) is 8.72. The molecular weight excluding hydrogens is 281 g/mol. The fraction of sp³-hybridized carbons (Fsp3) is 0.182. The maximum absolute atomic E-state index is 5.86. The summed E-state index contributed by atoms with van der Waals surface area (Å²) in [7, 11) is 0. The fourth-order valence-electron chi connectivity index (χ4n) is 1.06. The van der Waals surface area contributed by atoms with Gasteiger partial charge in [-0.15, -0.1) is 0 Å². The van der Waals surface area contributed by atoms with Crippen molar-refractivity contribution in [2.24, 2.45) is 0 Å². The van der Waals surface area contributed by atoms with Gasteiger partial charge >= 0.3 is 0 Å². The van der Waals surface area contributed by atoms with Crippen LogP contribution in [0.4, 0.5) is 5.69 Å². The van der Waals surface area contributed by atoms with E-state index >= 15 is 0 Å². The highest BCUT2D eigenvalue weighted by atomic mass is 35.5. The van der Waals surface area contributed by atoms with E-state index in [1.807, 2.05) is 25.1 Å². The van der Waals surface area contributed by atoms with Gasteiger partial charge in [0.2, 0.25) is 0 Å². The molecule has 0 aliphatic rings. The Morgan fingerprint density at radius 3 is 2.81 bits per heavy atom. The first-order valence-corrected chi connectivity index (χ1v) is 6.67. The van der Waals surface area contributed by atoms with Crippen molar-refractivity contribution in [1.82, 2.24) is 0 Å². The molecule has 5 heteroatoms. The van der Waals surface area contributed by atoms with E-state index in [-0.39, 0.29) is 0 Å². The topological polar surface area (TPSA) is 12.0 Å². The Labute approximate surface area is 115 Å². The zero-order valence-corrected chi connectivity index (χ0v) is 11.9. The molecule has 0 saturated heterocycles. The molecule has 0 aliphatic heterocycles. The molecule has 1 nitrogen and oxygen atoms in total. The normalized spacial score (nSPS) is 9.94. The van der Waals surface area contributed by atoms with E-state index in [0.29, 0.717) is 15.1 Å². The molecule has 0 aromatic heterocycles. The van der Waals surface area contributed by atoms with Gasteiger partial charge in [-0.05, 0) is 30.7 Å². The molecular formula is C11H11Cl2NS2. The lowest BCUT2D eigenvalue weighted by molar-refractivity contribution is 1.46. The minimum atomic E-state index is 0.585. The first-order valence-electron chi connectivity index (χ1n) is 4.52. The molecule has 86 valence electrons. The number of thiocarbonyl (C=S) groups is 1. The molecule has 0 saturated carbocycles. The molecule has 0 atom stereocenters. The number of benzene rings is 1. The number of aryl methyl sites for hydroxylation is 1.